The van der Waals surface area contributed by atoms with E-state index in [0.717, 1.165) is 4.31 Å². The van der Waals surface area contributed by atoms with Gasteiger partial charge in [0.05, 0.1) is 11.5 Å². The fourth-order valence-corrected chi connectivity index (χ4v) is 1.39. The molecule has 0 rings (SSSR count). The van der Waals surface area contributed by atoms with Gasteiger partial charge in [-0.15, -0.1) is 0 Å². The van der Waals surface area contributed by atoms with Crippen LogP contribution in [0.3, 0.4) is 0 Å². The summed E-state index contributed by atoms with van der Waals surface area (Å²) in [4.78, 5) is 10.7. The summed E-state index contributed by atoms with van der Waals surface area (Å²) >= 11 is 3.73. The highest BCUT2D eigenvalue weighted by molar-refractivity contribution is 7.89. The molecule has 0 aromatic heterocycles. The largest absolute Gasteiger partial charge is 0.354 e. The number of nitrogens with one attached hydrogen (secondary N) is 1. The molecule has 0 aliphatic heterocycles. The molecule has 7 heteroatoms. The van der Waals surface area contributed by atoms with Gasteiger partial charge in [-0.05, 0) is 0 Å². The Balaban J connectivity index is 3.84. The number of rotatable bonds is 5. The fraction of sp³-hybridized carbons (Fsp3) is 0.833. The summed E-state index contributed by atoms with van der Waals surface area (Å²) < 4.78 is 23.4. The lowest BCUT2D eigenvalue weighted by Gasteiger charge is -2.10. The summed E-state index contributed by atoms with van der Waals surface area (Å²) in [5.41, 5.74) is 0. The third kappa shape index (κ3) is 5.12. The molecule has 78 valence electrons. The highest BCUT2D eigenvalue weighted by atomic mass is 32.2. The molecular weight excluding hydrogens is 212 g/mol. The molecule has 0 unspecified atom stereocenters. The van der Waals surface area contributed by atoms with Crippen LogP contribution in [0.25, 0.3) is 0 Å². The minimum Gasteiger partial charge on any atom is -0.354 e. The Labute approximate surface area is 84.0 Å². The van der Waals surface area contributed by atoms with Crippen molar-refractivity contribution >= 4 is 28.6 Å². The van der Waals surface area contributed by atoms with Gasteiger partial charge in [0.2, 0.25) is 15.9 Å². The Hall–Kier alpha value is -0.270. The molecule has 0 spiro atoms. The van der Waals surface area contributed by atoms with Crippen molar-refractivity contribution in [2.24, 2.45) is 0 Å². The summed E-state index contributed by atoms with van der Waals surface area (Å²) in [6.07, 6.45) is 0. The van der Waals surface area contributed by atoms with Crippen LogP contribution in [0.1, 0.15) is 0 Å². The molecule has 0 heterocycles. The molecule has 0 radical (unpaired) electrons. The number of hydrogen-bond donors (Lipinski definition) is 2. The molecule has 0 atom stereocenters. The summed E-state index contributed by atoms with van der Waals surface area (Å²) in [6.45, 7) is 0.125. The van der Waals surface area contributed by atoms with Gasteiger partial charge in [0.25, 0.3) is 0 Å². The standard InChI is InChI=1S/C6H14N2O3S2/c1-8(2)13(10,11)4-3-7-6(9)5-12/h12H,3-5H2,1-2H3,(H,7,9). The van der Waals surface area contributed by atoms with E-state index in [1.165, 1.54) is 14.1 Å². The second kappa shape index (κ2) is 5.46. The smallest absolute Gasteiger partial charge is 0.229 e. The van der Waals surface area contributed by atoms with E-state index in [2.05, 4.69) is 17.9 Å². The fourth-order valence-electron chi connectivity index (χ4n) is 0.558. The minimum absolute atomic E-state index is 0.0714. The second-order valence-corrected chi connectivity index (χ2v) is 5.23. The highest BCUT2D eigenvalue weighted by Gasteiger charge is 2.12. The minimum atomic E-state index is -3.21. The van der Waals surface area contributed by atoms with Crippen LogP contribution in [-0.2, 0) is 14.8 Å². The van der Waals surface area contributed by atoms with E-state index in [1.54, 1.807) is 0 Å². The van der Waals surface area contributed by atoms with E-state index in [0.29, 0.717) is 0 Å². The van der Waals surface area contributed by atoms with E-state index in [9.17, 15) is 13.2 Å². The molecule has 0 aromatic carbocycles. The van der Waals surface area contributed by atoms with Crippen LogP contribution in [0.15, 0.2) is 0 Å². The van der Waals surface area contributed by atoms with Crippen LogP contribution >= 0.6 is 12.6 Å². The van der Waals surface area contributed by atoms with Crippen molar-refractivity contribution in [1.82, 2.24) is 9.62 Å². The predicted molar refractivity (Wildman–Crippen MR) is 54.3 cm³/mol. The van der Waals surface area contributed by atoms with E-state index in [4.69, 9.17) is 0 Å². The Kier molecular flexibility index (Phi) is 5.34. The van der Waals surface area contributed by atoms with E-state index < -0.39 is 10.0 Å². The number of carbonyl (C=O) groups is 1. The van der Waals surface area contributed by atoms with Gasteiger partial charge in [-0.25, -0.2) is 12.7 Å². The zero-order valence-corrected chi connectivity index (χ0v) is 9.36. The van der Waals surface area contributed by atoms with Crippen LogP contribution in [-0.4, -0.2) is 50.8 Å². The van der Waals surface area contributed by atoms with E-state index in [1.807, 2.05) is 0 Å². The summed E-state index contributed by atoms with van der Waals surface area (Å²) in [6, 6.07) is 0. The average Bonchev–Trinajstić information content (AvgIpc) is 2.03. The Morgan fingerprint density at radius 1 is 1.46 bits per heavy atom. The van der Waals surface area contributed by atoms with Gasteiger partial charge < -0.3 is 5.32 Å². The van der Waals surface area contributed by atoms with Crippen LogP contribution < -0.4 is 5.32 Å². The van der Waals surface area contributed by atoms with Crippen molar-refractivity contribution in [3.8, 4) is 0 Å². The number of amides is 1. The van der Waals surface area contributed by atoms with Crippen LogP contribution in [0.4, 0.5) is 0 Å². The predicted octanol–water partition coefficient (Wildman–Crippen LogP) is -1.08. The van der Waals surface area contributed by atoms with Gasteiger partial charge in [-0.3, -0.25) is 4.79 Å². The van der Waals surface area contributed by atoms with Gasteiger partial charge in [0.1, 0.15) is 0 Å². The van der Waals surface area contributed by atoms with Gasteiger partial charge in [0, 0.05) is 20.6 Å². The van der Waals surface area contributed by atoms with Gasteiger partial charge in [-0.1, -0.05) is 0 Å². The third-order valence-corrected chi connectivity index (χ3v) is 3.50. The molecule has 0 aliphatic rings. The SMILES string of the molecule is CN(C)S(=O)(=O)CCNC(=O)CS. The van der Waals surface area contributed by atoms with Gasteiger partial charge in [0.15, 0.2) is 0 Å². The number of thiol groups is 1. The molecule has 0 aliphatic carbocycles. The Bertz CT molecular complexity index is 261. The maximum atomic E-state index is 11.2. The number of sulfonamides is 1. The molecule has 0 saturated carbocycles. The highest BCUT2D eigenvalue weighted by Crippen LogP contribution is 1.91. The lowest BCUT2D eigenvalue weighted by Crippen LogP contribution is -2.34. The lowest BCUT2D eigenvalue weighted by molar-refractivity contribution is -0.118. The molecule has 5 nitrogen and oxygen atoms in total. The van der Waals surface area contributed by atoms with Gasteiger partial charge in [-0.2, -0.15) is 12.6 Å². The molecule has 1 amide bonds. The van der Waals surface area contributed by atoms with Crippen LogP contribution in [0.5, 0.6) is 0 Å². The monoisotopic (exact) mass is 226 g/mol. The maximum absolute atomic E-state index is 11.2. The van der Waals surface area contributed by atoms with Crippen molar-refractivity contribution in [1.29, 1.82) is 0 Å². The van der Waals surface area contributed by atoms with Crippen molar-refractivity contribution in [3.63, 3.8) is 0 Å². The molecule has 1 N–H and O–H groups in total. The first-order chi connectivity index (χ1) is 5.90. The molecular formula is C6H14N2O3S2. The maximum Gasteiger partial charge on any atom is 0.229 e. The average molecular weight is 226 g/mol. The third-order valence-electron chi connectivity index (χ3n) is 1.38. The second-order valence-electron chi connectivity index (χ2n) is 2.61. The Morgan fingerprint density at radius 3 is 2.38 bits per heavy atom. The number of carbonyl (C=O) groups excluding carboxylic acids is 1. The normalized spacial score (nSPS) is 11.7. The lowest BCUT2D eigenvalue weighted by atomic mass is 10.6. The summed E-state index contributed by atoms with van der Waals surface area (Å²) in [7, 11) is -0.300. The topological polar surface area (TPSA) is 66.5 Å². The van der Waals surface area contributed by atoms with Crippen LogP contribution in [0, 0.1) is 0 Å². The molecule has 0 bridgehead atoms. The molecule has 0 fully saturated rings. The molecule has 0 saturated heterocycles. The van der Waals surface area contributed by atoms with E-state index in [-0.39, 0.29) is 24.0 Å². The quantitative estimate of drug-likeness (QED) is 0.586. The first-order valence-electron chi connectivity index (χ1n) is 3.68. The van der Waals surface area contributed by atoms with Crippen molar-refractivity contribution in [2.45, 2.75) is 0 Å². The summed E-state index contributed by atoms with van der Waals surface area (Å²) in [5.74, 6) is -0.279. The van der Waals surface area contributed by atoms with Crippen molar-refractivity contribution in [2.75, 3.05) is 32.1 Å². The van der Waals surface area contributed by atoms with Gasteiger partial charge >= 0.3 is 0 Å². The first-order valence-corrected chi connectivity index (χ1v) is 5.92. The van der Waals surface area contributed by atoms with E-state index >= 15 is 0 Å². The molecule has 13 heavy (non-hydrogen) atoms. The number of nitrogens with zero attached hydrogens (tertiary/aromatic N) is 1. The summed E-state index contributed by atoms with van der Waals surface area (Å²) in [5, 5.41) is 2.42. The zero-order valence-electron chi connectivity index (χ0n) is 7.65. The Morgan fingerprint density at radius 2 is 2.00 bits per heavy atom. The van der Waals surface area contributed by atoms with Crippen LogP contribution in [0.2, 0.25) is 0 Å². The molecule has 0 aromatic rings. The van der Waals surface area contributed by atoms with Crippen molar-refractivity contribution < 1.29 is 13.2 Å². The van der Waals surface area contributed by atoms with Crippen molar-refractivity contribution in [3.05, 3.63) is 0 Å². The zero-order chi connectivity index (χ0) is 10.5. The first kappa shape index (κ1) is 12.7. The number of hydrogen-bond acceptors (Lipinski definition) is 4.